The maximum Gasteiger partial charge on any atom is 0.169 e. The van der Waals surface area contributed by atoms with Gasteiger partial charge in [-0.2, -0.15) is 5.10 Å². The minimum atomic E-state index is 0.652. The van der Waals surface area contributed by atoms with Crippen molar-refractivity contribution in [3.8, 4) is 17.1 Å². The first-order valence-corrected chi connectivity index (χ1v) is 8.89. The van der Waals surface area contributed by atoms with Gasteiger partial charge in [0.05, 0.1) is 51.4 Å². The quantitative estimate of drug-likeness (QED) is 0.527. The molecule has 0 atom stereocenters. The number of nitrogens with zero attached hydrogens (tertiary/aromatic N) is 7. The zero-order valence-electron chi connectivity index (χ0n) is 14.8. The molecule has 0 bridgehead atoms. The van der Waals surface area contributed by atoms with Crippen LogP contribution < -0.4 is 5.32 Å². The van der Waals surface area contributed by atoms with Crippen molar-refractivity contribution in [1.29, 1.82) is 0 Å². The first-order valence-electron chi connectivity index (χ1n) is 8.10. The lowest BCUT2D eigenvalue weighted by molar-refractivity contribution is 0.393. The standard InChI is InChI=1S/C17H15BrN8O/c1-9-14(7-15(23-22-9)16-10(2)24-27-11(16)3)21-12-6-13(18)17(19-8-12)26-5-4-20-25-26/h4-8H,1-3H3,(H,21,23). The molecule has 0 radical (unpaired) electrons. The van der Waals surface area contributed by atoms with Gasteiger partial charge in [0.15, 0.2) is 5.82 Å². The van der Waals surface area contributed by atoms with Gasteiger partial charge in [0.25, 0.3) is 0 Å². The van der Waals surface area contributed by atoms with E-state index in [-0.39, 0.29) is 0 Å². The number of rotatable bonds is 4. The molecule has 0 aromatic carbocycles. The molecule has 0 saturated heterocycles. The number of aromatic nitrogens is 7. The number of halogens is 1. The van der Waals surface area contributed by atoms with Crippen molar-refractivity contribution < 1.29 is 4.52 Å². The number of anilines is 2. The normalized spacial score (nSPS) is 11.0. The Balaban J connectivity index is 1.67. The highest BCUT2D eigenvalue weighted by Gasteiger charge is 2.15. The van der Waals surface area contributed by atoms with E-state index in [2.05, 4.69) is 51.9 Å². The van der Waals surface area contributed by atoms with Crippen LogP contribution in [0.4, 0.5) is 11.4 Å². The van der Waals surface area contributed by atoms with Crippen LogP contribution in [0.15, 0.2) is 39.7 Å². The number of hydrogen-bond donors (Lipinski definition) is 1. The molecule has 0 aliphatic heterocycles. The first kappa shape index (κ1) is 17.3. The zero-order valence-corrected chi connectivity index (χ0v) is 16.4. The Labute approximate surface area is 163 Å². The van der Waals surface area contributed by atoms with E-state index in [0.29, 0.717) is 17.3 Å². The highest BCUT2D eigenvalue weighted by Crippen LogP contribution is 2.29. The van der Waals surface area contributed by atoms with Gasteiger partial charge in [-0.1, -0.05) is 10.4 Å². The molecule has 4 heterocycles. The van der Waals surface area contributed by atoms with E-state index in [1.54, 1.807) is 23.3 Å². The number of nitrogens with one attached hydrogen (secondary N) is 1. The van der Waals surface area contributed by atoms with Crippen molar-refractivity contribution in [2.75, 3.05) is 5.32 Å². The molecular formula is C17H15BrN8O. The average molecular weight is 427 g/mol. The van der Waals surface area contributed by atoms with E-state index in [4.69, 9.17) is 4.52 Å². The third kappa shape index (κ3) is 3.31. The number of hydrogen-bond acceptors (Lipinski definition) is 8. The fraction of sp³-hybridized carbons (Fsp3) is 0.176. The number of pyridine rings is 1. The summed E-state index contributed by atoms with van der Waals surface area (Å²) >= 11 is 3.53. The molecule has 0 amide bonds. The molecule has 27 heavy (non-hydrogen) atoms. The van der Waals surface area contributed by atoms with Crippen LogP contribution in [0, 0.1) is 20.8 Å². The van der Waals surface area contributed by atoms with Gasteiger partial charge in [0.2, 0.25) is 0 Å². The molecule has 136 valence electrons. The molecule has 4 rings (SSSR count). The van der Waals surface area contributed by atoms with E-state index in [0.717, 1.165) is 32.8 Å². The molecular weight excluding hydrogens is 412 g/mol. The first-order chi connectivity index (χ1) is 13.0. The molecule has 0 fully saturated rings. The third-order valence-corrected chi connectivity index (χ3v) is 4.59. The molecule has 10 heteroatoms. The van der Waals surface area contributed by atoms with E-state index >= 15 is 0 Å². The molecule has 0 saturated carbocycles. The van der Waals surface area contributed by atoms with Gasteiger partial charge < -0.3 is 9.84 Å². The maximum atomic E-state index is 5.23. The van der Waals surface area contributed by atoms with Crippen LogP contribution in [0.25, 0.3) is 17.1 Å². The summed E-state index contributed by atoms with van der Waals surface area (Å²) in [5.41, 5.74) is 4.71. The summed E-state index contributed by atoms with van der Waals surface area (Å²) in [7, 11) is 0. The fourth-order valence-corrected chi connectivity index (χ4v) is 3.23. The van der Waals surface area contributed by atoms with Crippen LogP contribution in [0.3, 0.4) is 0 Å². The maximum absolute atomic E-state index is 5.23. The lowest BCUT2D eigenvalue weighted by Gasteiger charge is -2.11. The highest BCUT2D eigenvalue weighted by molar-refractivity contribution is 9.10. The minimum Gasteiger partial charge on any atom is -0.361 e. The molecule has 9 nitrogen and oxygen atoms in total. The smallest absolute Gasteiger partial charge is 0.169 e. The Morgan fingerprint density at radius 1 is 1.11 bits per heavy atom. The van der Waals surface area contributed by atoms with E-state index in [9.17, 15) is 0 Å². The van der Waals surface area contributed by atoms with Crippen LogP contribution in [0.2, 0.25) is 0 Å². The zero-order chi connectivity index (χ0) is 19.0. The largest absolute Gasteiger partial charge is 0.361 e. The molecule has 4 aromatic heterocycles. The topological polar surface area (TPSA) is 107 Å². The van der Waals surface area contributed by atoms with Gasteiger partial charge in [0, 0.05) is 0 Å². The second kappa shape index (κ2) is 6.88. The summed E-state index contributed by atoms with van der Waals surface area (Å²) in [5.74, 6) is 1.36. The summed E-state index contributed by atoms with van der Waals surface area (Å²) in [5, 5.41) is 23.6. The van der Waals surface area contributed by atoms with Crippen molar-refractivity contribution in [3.05, 3.63) is 52.3 Å². The lowest BCUT2D eigenvalue weighted by Crippen LogP contribution is -2.03. The minimum absolute atomic E-state index is 0.652. The average Bonchev–Trinajstić information content (AvgIpc) is 3.28. The molecule has 0 spiro atoms. The van der Waals surface area contributed by atoms with Gasteiger partial charge in [0.1, 0.15) is 11.5 Å². The van der Waals surface area contributed by atoms with Gasteiger partial charge in [-0.3, -0.25) is 0 Å². The van der Waals surface area contributed by atoms with Crippen molar-refractivity contribution in [2.24, 2.45) is 0 Å². The van der Waals surface area contributed by atoms with Crippen LogP contribution >= 0.6 is 15.9 Å². The predicted octanol–water partition coefficient (Wildman–Crippen LogP) is 3.54. The molecule has 0 aliphatic rings. The molecule has 4 aromatic rings. The van der Waals surface area contributed by atoms with E-state index in [1.807, 2.05) is 32.9 Å². The Kier molecular flexibility index (Phi) is 4.40. The third-order valence-electron chi connectivity index (χ3n) is 4.01. The van der Waals surface area contributed by atoms with Gasteiger partial charge in [-0.05, 0) is 48.8 Å². The Hall–Kier alpha value is -3.14. The Morgan fingerprint density at radius 2 is 1.96 bits per heavy atom. The van der Waals surface area contributed by atoms with Crippen LogP contribution in [0.1, 0.15) is 17.1 Å². The monoisotopic (exact) mass is 426 g/mol. The molecule has 0 unspecified atom stereocenters. The Bertz CT molecular complexity index is 1090. The SMILES string of the molecule is Cc1nnc(-c2c(C)noc2C)cc1Nc1cnc(-n2ccnn2)c(Br)c1. The van der Waals surface area contributed by atoms with Crippen molar-refractivity contribution >= 4 is 27.3 Å². The summed E-state index contributed by atoms with van der Waals surface area (Å²) in [6.45, 7) is 5.62. The van der Waals surface area contributed by atoms with Gasteiger partial charge in [-0.15, -0.1) is 10.2 Å². The Morgan fingerprint density at radius 3 is 2.63 bits per heavy atom. The molecule has 1 N–H and O–H groups in total. The van der Waals surface area contributed by atoms with Crippen LogP contribution in [-0.4, -0.2) is 35.3 Å². The van der Waals surface area contributed by atoms with Crippen LogP contribution in [-0.2, 0) is 0 Å². The van der Waals surface area contributed by atoms with E-state index in [1.165, 1.54) is 0 Å². The summed E-state index contributed by atoms with van der Waals surface area (Å²) in [4.78, 5) is 4.44. The van der Waals surface area contributed by atoms with Gasteiger partial charge in [-0.25, -0.2) is 9.67 Å². The van der Waals surface area contributed by atoms with Crippen LogP contribution in [0.5, 0.6) is 0 Å². The number of aryl methyl sites for hydroxylation is 3. The summed E-state index contributed by atoms with van der Waals surface area (Å²) < 4.78 is 7.60. The second-order valence-electron chi connectivity index (χ2n) is 5.93. The van der Waals surface area contributed by atoms with Crippen molar-refractivity contribution in [1.82, 2.24) is 35.3 Å². The second-order valence-corrected chi connectivity index (χ2v) is 6.78. The van der Waals surface area contributed by atoms with Gasteiger partial charge >= 0.3 is 0 Å². The fourth-order valence-electron chi connectivity index (χ4n) is 2.69. The lowest BCUT2D eigenvalue weighted by atomic mass is 10.1. The highest BCUT2D eigenvalue weighted by atomic mass is 79.9. The predicted molar refractivity (Wildman–Crippen MR) is 102 cm³/mol. The van der Waals surface area contributed by atoms with E-state index < -0.39 is 0 Å². The summed E-state index contributed by atoms with van der Waals surface area (Å²) in [6, 6.07) is 3.84. The molecule has 0 aliphatic carbocycles. The van der Waals surface area contributed by atoms with Crippen molar-refractivity contribution in [2.45, 2.75) is 20.8 Å². The summed E-state index contributed by atoms with van der Waals surface area (Å²) in [6.07, 6.45) is 5.05. The van der Waals surface area contributed by atoms with Crippen molar-refractivity contribution in [3.63, 3.8) is 0 Å².